The summed E-state index contributed by atoms with van der Waals surface area (Å²) in [6.45, 7) is 0. The normalized spacial score (nSPS) is 14.8. The maximum absolute atomic E-state index is 13.2. The average molecular weight is 388 g/mol. The van der Waals surface area contributed by atoms with Crippen LogP contribution >= 0.6 is 11.6 Å². The highest BCUT2D eigenvalue weighted by molar-refractivity contribution is 6.30. The molecule has 0 radical (unpaired) electrons. The predicted molar refractivity (Wildman–Crippen MR) is 110 cm³/mol. The second-order valence-electron chi connectivity index (χ2n) is 7.15. The molecule has 28 heavy (non-hydrogen) atoms. The third kappa shape index (κ3) is 2.86. The van der Waals surface area contributed by atoms with Gasteiger partial charge in [-0.1, -0.05) is 60.1 Å². The van der Waals surface area contributed by atoms with Crippen LogP contribution in [0.2, 0.25) is 5.02 Å². The van der Waals surface area contributed by atoms with E-state index in [1.54, 1.807) is 0 Å². The molecule has 1 fully saturated rings. The van der Waals surface area contributed by atoms with E-state index in [9.17, 15) is 4.79 Å². The fourth-order valence-corrected chi connectivity index (χ4v) is 3.87. The van der Waals surface area contributed by atoms with Crippen molar-refractivity contribution in [1.29, 1.82) is 0 Å². The number of amides is 1. The number of benzene rings is 2. The summed E-state index contributed by atoms with van der Waals surface area (Å²) in [7, 11) is 0. The van der Waals surface area contributed by atoms with Crippen molar-refractivity contribution in [1.82, 2.24) is 14.7 Å². The van der Waals surface area contributed by atoms with Gasteiger partial charge in [-0.3, -0.25) is 9.20 Å². The van der Waals surface area contributed by atoms with Crippen LogP contribution in [0.4, 0.5) is 0 Å². The Morgan fingerprint density at radius 3 is 2.54 bits per heavy atom. The first-order valence-corrected chi connectivity index (χ1v) is 9.65. The second kappa shape index (κ2) is 6.50. The largest absolute Gasteiger partial charge is 0.341 e. The fourth-order valence-electron chi connectivity index (χ4n) is 3.68. The van der Waals surface area contributed by atoms with Gasteiger partial charge in [-0.05, 0) is 42.7 Å². The van der Waals surface area contributed by atoms with E-state index in [-0.39, 0.29) is 11.4 Å². The SMILES string of the molecule is O=C(NC1(c2ccccc2)CC1)c1nc(-c2cccc(Cl)c2)n2ccccc12. The van der Waals surface area contributed by atoms with Crippen LogP contribution in [-0.2, 0) is 5.54 Å². The number of hydrogen-bond donors (Lipinski definition) is 1. The number of rotatable bonds is 4. The first-order chi connectivity index (χ1) is 13.7. The minimum atomic E-state index is -0.278. The molecule has 2 aromatic heterocycles. The molecule has 1 aliphatic carbocycles. The van der Waals surface area contributed by atoms with Gasteiger partial charge in [0, 0.05) is 16.8 Å². The maximum Gasteiger partial charge on any atom is 0.272 e. The quantitative estimate of drug-likeness (QED) is 0.531. The number of carbonyl (C=O) groups is 1. The lowest BCUT2D eigenvalue weighted by atomic mass is 10.0. The van der Waals surface area contributed by atoms with Gasteiger partial charge in [0.25, 0.3) is 5.91 Å². The van der Waals surface area contributed by atoms with Gasteiger partial charge in [0.15, 0.2) is 5.69 Å². The van der Waals surface area contributed by atoms with Gasteiger partial charge in [0.2, 0.25) is 0 Å². The van der Waals surface area contributed by atoms with Gasteiger partial charge in [-0.15, -0.1) is 0 Å². The lowest BCUT2D eigenvalue weighted by Gasteiger charge is -2.17. The topological polar surface area (TPSA) is 46.4 Å². The Morgan fingerprint density at radius 2 is 1.79 bits per heavy atom. The van der Waals surface area contributed by atoms with Gasteiger partial charge >= 0.3 is 0 Å². The molecule has 0 atom stereocenters. The number of imidazole rings is 1. The zero-order valence-electron chi connectivity index (χ0n) is 15.1. The van der Waals surface area contributed by atoms with Crippen LogP contribution in [0, 0.1) is 0 Å². The van der Waals surface area contributed by atoms with Crippen LogP contribution < -0.4 is 5.32 Å². The summed E-state index contributed by atoms with van der Waals surface area (Å²) >= 11 is 6.16. The fraction of sp³-hybridized carbons (Fsp3) is 0.130. The summed E-state index contributed by atoms with van der Waals surface area (Å²) in [6.07, 6.45) is 3.80. The second-order valence-corrected chi connectivity index (χ2v) is 7.59. The van der Waals surface area contributed by atoms with E-state index in [4.69, 9.17) is 16.6 Å². The average Bonchev–Trinajstić information content (AvgIpc) is 3.40. The summed E-state index contributed by atoms with van der Waals surface area (Å²) in [5.41, 5.74) is 2.94. The number of pyridine rings is 1. The van der Waals surface area contributed by atoms with E-state index >= 15 is 0 Å². The highest BCUT2D eigenvalue weighted by Gasteiger charge is 2.46. The number of hydrogen-bond acceptors (Lipinski definition) is 2. The van der Waals surface area contributed by atoms with Gasteiger partial charge in [0.05, 0.1) is 11.1 Å². The Balaban J connectivity index is 1.56. The number of aromatic nitrogens is 2. The summed E-state index contributed by atoms with van der Waals surface area (Å²) in [5.74, 6) is 0.547. The van der Waals surface area contributed by atoms with Crippen LogP contribution in [-0.4, -0.2) is 15.3 Å². The number of nitrogens with one attached hydrogen (secondary N) is 1. The number of fused-ring (bicyclic) bond motifs is 1. The van der Waals surface area contributed by atoms with Crippen LogP contribution in [0.1, 0.15) is 28.9 Å². The van der Waals surface area contributed by atoms with Crippen LogP contribution in [0.25, 0.3) is 16.9 Å². The van der Waals surface area contributed by atoms with Gasteiger partial charge in [-0.25, -0.2) is 4.98 Å². The highest BCUT2D eigenvalue weighted by Crippen LogP contribution is 2.45. The maximum atomic E-state index is 13.2. The van der Waals surface area contributed by atoms with Crippen molar-refractivity contribution in [2.45, 2.75) is 18.4 Å². The van der Waals surface area contributed by atoms with Crippen molar-refractivity contribution in [3.8, 4) is 11.4 Å². The third-order valence-electron chi connectivity index (χ3n) is 5.28. The van der Waals surface area contributed by atoms with Gasteiger partial charge in [0.1, 0.15) is 5.82 Å². The first-order valence-electron chi connectivity index (χ1n) is 9.27. The lowest BCUT2D eigenvalue weighted by Crippen LogP contribution is -2.35. The molecule has 1 N–H and O–H groups in total. The minimum Gasteiger partial charge on any atom is -0.341 e. The number of carbonyl (C=O) groups excluding carboxylic acids is 1. The van der Waals surface area contributed by atoms with Crippen molar-refractivity contribution in [3.05, 3.63) is 95.3 Å². The Labute approximate surface area is 167 Å². The Bertz CT molecular complexity index is 1180. The van der Waals surface area contributed by atoms with Crippen molar-refractivity contribution in [2.24, 2.45) is 0 Å². The van der Waals surface area contributed by atoms with E-state index < -0.39 is 0 Å². The Kier molecular flexibility index (Phi) is 3.95. The van der Waals surface area contributed by atoms with E-state index in [0.29, 0.717) is 16.5 Å². The summed E-state index contributed by atoms with van der Waals surface area (Å²) < 4.78 is 1.93. The molecule has 2 heterocycles. The standard InChI is InChI=1S/C23H18ClN3O/c24-18-10-6-7-16(15-18)21-25-20(19-11-4-5-14-27(19)21)22(28)26-23(12-13-23)17-8-2-1-3-9-17/h1-11,14-15H,12-13H2,(H,26,28). The van der Waals surface area contributed by atoms with Crippen molar-refractivity contribution < 1.29 is 4.79 Å². The summed E-state index contributed by atoms with van der Waals surface area (Å²) in [5, 5.41) is 3.86. The molecule has 0 bridgehead atoms. The lowest BCUT2D eigenvalue weighted by molar-refractivity contribution is 0.0928. The summed E-state index contributed by atoms with van der Waals surface area (Å²) in [4.78, 5) is 17.9. The summed E-state index contributed by atoms with van der Waals surface area (Å²) in [6, 6.07) is 23.4. The zero-order chi connectivity index (χ0) is 19.1. The molecule has 0 unspecified atom stereocenters. The smallest absolute Gasteiger partial charge is 0.272 e. The van der Waals surface area contributed by atoms with Crippen molar-refractivity contribution in [2.75, 3.05) is 0 Å². The number of nitrogens with zero attached hydrogens (tertiary/aromatic N) is 2. The molecule has 1 saturated carbocycles. The molecular weight excluding hydrogens is 370 g/mol. The molecule has 4 nitrogen and oxygen atoms in total. The monoisotopic (exact) mass is 387 g/mol. The van der Waals surface area contributed by atoms with Crippen LogP contribution in [0.5, 0.6) is 0 Å². The van der Waals surface area contributed by atoms with Crippen LogP contribution in [0.3, 0.4) is 0 Å². The van der Waals surface area contributed by atoms with Crippen LogP contribution in [0.15, 0.2) is 79.0 Å². The predicted octanol–water partition coefficient (Wildman–Crippen LogP) is 5.07. The van der Waals surface area contributed by atoms with E-state index in [2.05, 4.69) is 17.4 Å². The molecule has 5 rings (SSSR count). The van der Waals surface area contributed by atoms with E-state index in [1.807, 2.05) is 71.3 Å². The Hall–Kier alpha value is -3.11. The molecule has 2 aromatic carbocycles. The third-order valence-corrected chi connectivity index (χ3v) is 5.51. The molecule has 4 aromatic rings. The highest BCUT2D eigenvalue weighted by atomic mass is 35.5. The minimum absolute atomic E-state index is 0.154. The van der Waals surface area contributed by atoms with Crippen molar-refractivity contribution >= 4 is 23.0 Å². The molecule has 1 aliphatic rings. The Morgan fingerprint density at radius 1 is 1.00 bits per heavy atom. The van der Waals surface area contributed by atoms with E-state index in [0.717, 1.165) is 29.5 Å². The molecule has 0 saturated heterocycles. The molecule has 0 spiro atoms. The molecule has 138 valence electrons. The van der Waals surface area contributed by atoms with Gasteiger partial charge in [-0.2, -0.15) is 0 Å². The van der Waals surface area contributed by atoms with Crippen molar-refractivity contribution in [3.63, 3.8) is 0 Å². The first kappa shape index (κ1) is 17.0. The number of halogens is 1. The molecule has 1 amide bonds. The molecule has 5 heteroatoms. The van der Waals surface area contributed by atoms with E-state index in [1.165, 1.54) is 0 Å². The molecule has 0 aliphatic heterocycles. The zero-order valence-corrected chi connectivity index (χ0v) is 15.9. The van der Waals surface area contributed by atoms with Gasteiger partial charge < -0.3 is 5.32 Å². The molecular formula is C23H18ClN3O.